The predicted molar refractivity (Wildman–Crippen MR) is 86.6 cm³/mol. The van der Waals surface area contributed by atoms with Crippen molar-refractivity contribution in [2.45, 2.75) is 25.5 Å². The van der Waals surface area contributed by atoms with Crippen LogP contribution in [0.3, 0.4) is 0 Å². The maximum atomic E-state index is 12.2. The molecule has 3 aromatic rings. The van der Waals surface area contributed by atoms with E-state index in [1.165, 1.54) is 12.5 Å². The lowest BCUT2D eigenvalue weighted by atomic mass is 10.1. The molecule has 0 saturated heterocycles. The van der Waals surface area contributed by atoms with E-state index in [1.807, 2.05) is 6.92 Å². The molecule has 2 unspecified atom stereocenters. The van der Waals surface area contributed by atoms with Crippen molar-refractivity contribution in [3.63, 3.8) is 0 Å². The molecule has 3 rings (SSSR count). The number of nitrogens with zero attached hydrogens (tertiary/aromatic N) is 3. The first-order valence-corrected chi connectivity index (χ1v) is 7.60. The molecule has 2 N–H and O–H groups in total. The number of carbonyl (C=O) groups is 1. The summed E-state index contributed by atoms with van der Waals surface area (Å²) >= 11 is 0. The number of carbonyl (C=O) groups excluding carboxylic acids is 1. The second-order valence-corrected chi connectivity index (χ2v) is 5.52. The Morgan fingerprint density at radius 3 is 2.92 bits per heavy atom. The summed E-state index contributed by atoms with van der Waals surface area (Å²) in [6, 6.07) is 6.66. The number of amides is 1. The van der Waals surface area contributed by atoms with Crippen molar-refractivity contribution in [1.29, 1.82) is 0 Å². The Balaban J connectivity index is 1.58. The molecule has 0 aliphatic heterocycles. The molecule has 3 aromatic heterocycles. The number of nitrogens with one attached hydrogen (secondary N) is 1. The Labute approximate surface area is 139 Å². The van der Waals surface area contributed by atoms with Gasteiger partial charge in [0, 0.05) is 31.1 Å². The van der Waals surface area contributed by atoms with Crippen molar-refractivity contribution in [2.24, 2.45) is 0 Å². The third kappa shape index (κ3) is 3.69. The first kappa shape index (κ1) is 15.9. The molecule has 0 saturated carbocycles. The molecule has 0 fully saturated rings. The van der Waals surface area contributed by atoms with Gasteiger partial charge in [-0.15, -0.1) is 0 Å². The van der Waals surface area contributed by atoms with E-state index >= 15 is 0 Å². The van der Waals surface area contributed by atoms with Gasteiger partial charge in [-0.3, -0.25) is 9.36 Å². The molecular formula is C17H18N4O3. The number of aromatic nitrogens is 3. The molecule has 0 aromatic carbocycles. The highest BCUT2D eigenvalue weighted by molar-refractivity contribution is 5.94. The van der Waals surface area contributed by atoms with E-state index in [0.29, 0.717) is 23.6 Å². The van der Waals surface area contributed by atoms with Gasteiger partial charge < -0.3 is 14.8 Å². The first-order chi connectivity index (χ1) is 11.6. The molecule has 3 heterocycles. The van der Waals surface area contributed by atoms with Crippen LogP contribution in [0.2, 0.25) is 0 Å². The predicted octanol–water partition coefficient (Wildman–Crippen LogP) is 2.10. The third-order valence-corrected chi connectivity index (χ3v) is 3.60. The number of hydrogen-bond donors (Lipinski definition) is 2. The molecule has 0 radical (unpaired) electrons. The average Bonchev–Trinajstić information content (AvgIpc) is 3.28. The van der Waals surface area contributed by atoms with Crippen LogP contribution in [0.5, 0.6) is 0 Å². The summed E-state index contributed by atoms with van der Waals surface area (Å²) < 4.78 is 6.91. The average molecular weight is 326 g/mol. The summed E-state index contributed by atoms with van der Waals surface area (Å²) in [6.45, 7) is 1.83. The SMILES string of the molecule is CC(CC(O)c1ccco1)NC(=O)c1ccc(-n2ccnc2)nc1. The lowest BCUT2D eigenvalue weighted by Crippen LogP contribution is -2.33. The van der Waals surface area contributed by atoms with Gasteiger partial charge in [-0.05, 0) is 31.2 Å². The van der Waals surface area contributed by atoms with Gasteiger partial charge in [-0.1, -0.05) is 0 Å². The summed E-state index contributed by atoms with van der Waals surface area (Å²) in [5, 5.41) is 12.9. The number of aliphatic hydroxyl groups is 1. The molecule has 24 heavy (non-hydrogen) atoms. The van der Waals surface area contributed by atoms with Crippen LogP contribution in [-0.2, 0) is 0 Å². The van der Waals surface area contributed by atoms with Crippen molar-refractivity contribution in [1.82, 2.24) is 19.9 Å². The summed E-state index contributed by atoms with van der Waals surface area (Å²) in [5.41, 5.74) is 0.457. The fourth-order valence-corrected chi connectivity index (χ4v) is 2.37. The smallest absolute Gasteiger partial charge is 0.253 e. The molecule has 0 aliphatic carbocycles. The Morgan fingerprint density at radius 2 is 2.29 bits per heavy atom. The van der Waals surface area contributed by atoms with Crippen molar-refractivity contribution in [2.75, 3.05) is 0 Å². The minimum atomic E-state index is -0.753. The largest absolute Gasteiger partial charge is 0.467 e. The molecule has 2 atom stereocenters. The monoisotopic (exact) mass is 326 g/mol. The second-order valence-electron chi connectivity index (χ2n) is 5.52. The van der Waals surface area contributed by atoms with E-state index in [0.717, 1.165) is 0 Å². The number of hydrogen-bond acceptors (Lipinski definition) is 5. The molecule has 124 valence electrons. The van der Waals surface area contributed by atoms with Crippen molar-refractivity contribution in [3.05, 3.63) is 66.8 Å². The summed E-state index contributed by atoms with van der Waals surface area (Å²) in [4.78, 5) is 20.5. The van der Waals surface area contributed by atoms with Crippen LogP contribution in [-0.4, -0.2) is 31.6 Å². The molecule has 0 aliphatic rings. The van der Waals surface area contributed by atoms with Crippen LogP contribution in [0, 0.1) is 0 Å². The van der Waals surface area contributed by atoms with E-state index in [1.54, 1.807) is 47.6 Å². The molecular weight excluding hydrogens is 308 g/mol. The quantitative estimate of drug-likeness (QED) is 0.723. The fourth-order valence-electron chi connectivity index (χ4n) is 2.37. The van der Waals surface area contributed by atoms with Gasteiger partial charge >= 0.3 is 0 Å². The Kier molecular flexibility index (Phi) is 4.72. The van der Waals surface area contributed by atoms with Gasteiger partial charge in [-0.25, -0.2) is 9.97 Å². The number of aliphatic hydroxyl groups excluding tert-OH is 1. The number of pyridine rings is 1. The first-order valence-electron chi connectivity index (χ1n) is 7.60. The lowest BCUT2D eigenvalue weighted by Gasteiger charge is -2.16. The van der Waals surface area contributed by atoms with Crippen LogP contribution in [0.1, 0.15) is 35.6 Å². The molecule has 1 amide bonds. The summed E-state index contributed by atoms with van der Waals surface area (Å²) in [6.07, 6.45) is 7.71. The number of rotatable bonds is 6. The molecule has 7 nitrogen and oxygen atoms in total. The number of imidazole rings is 1. The fraction of sp³-hybridized carbons (Fsp3) is 0.235. The van der Waals surface area contributed by atoms with Gasteiger partial charge in [0.2, 0.25) is 0 Å². The normalized spacial score (nSPS) is 13.4. The van der Waals surface area contributed by atoms with Crippen LogP contribution in [0.25, 0.3) is 5.82 Å². The van der Waals surface area contributed by atoms with E-state index in [4.69, 9.17) is 4.42 Å². The van der Waals surface area contributed by atoms with Crippen LogP contribution < -0.4 is 5.32 Å². The Bertz CT molecular complexity index is 767. The van der Waals surface area contributed by atoms with Gasteiger partial charge in [0.15, 0.2) is 0 Å². The zero-order chi connectivity index (χ0) is 16.9. The standard InChI is InChI=1S/C17H18N4O3/c1-12(9-14(22)15-3-2-8-24-15)20-17(23)13-4-5-16(19-10-13)21-7-6-18-11-21/h2-8,10-12,14,22H,9H2,1H3,(H,20,23). The molecule has 0 spiro atoms. The van der Waals surface area contributed by atoms with Gasteiger partial charge in [0.05, 0.1) is 11.8 Å². The van der Waals surface area contributed by atoms with Crippen molar-refractivity contribution >= 4 is 5.91 Å². The van der Waals surface area contributed by atoms with E-state index in [9.17, 15) is 9.90 Å². The zero-order valence-electron chi connectivity index (χ0n) is 13.2. The van der Waals surface area contributed by atoms with Gasteiger partial charge in [0.25, 0.3) is 5.91 Å². The zero-order valence-corrected chi connectivity index (χ0v) is 13.2. The lowest BCUT2D eigenvalue weighted by molar-refractivity contribution is 0.0903. The summed E-state index contributed by atoms with van der Waals surface area (Å²) in [5.74, 6) is 0.937. The highest BCUT2D eigenvalue weighted by Crippen LogP contribution is 2.18. The van der Waals surface area contributed by atoms with Crippen molar-refractivity contribution < 1.29 is 14.3 Å². The maximum absolute atomic E-state index is 12.2. The minimum absolute atomic E-state index is 0.217. The van der Waals surface area contributed by atoms with Crippen molar-refractivity contribution in [3.8, 4) is 5.82 Å². The molecule has 7 heteroatoms. The van der Waals surface area contributed by atoms with Crippen LogP contribution in [0.4, 0.5) is 0 Å². The van der Waals surface area contributed by atoms with E-state index < -0.39 is 6.10 Å². The van der Waals surface area contributed by atoms with E-state index in [2.05, 4.69) is 15.3 Å². The second kappa shape index (κ2) is 7.10. The topological polar surface area (TPSA) is 93.2 Å². The van der Waals surface area contributed by atoms with Crippen LogP contribution >= 0.6 is 0 Å². The highest BCUT2D eigenvalue weighted by Gasteiger charge is 2.17. The minimum Gasteiger partial charge on any atom is -0.467 e. The Hall–Kier alpha value is -2.93. The van der Waals surface area contributed by atoms with Gasteiger partial charge in [-0.2, -0.15) is 0 Å². The van der Waals surface area contributed by atoms with Crippen LogP contribution in [0.15, 0.2) is 59.9 Å². The van der Waals surface area contributed by atoms with Gasteiger partial charge in [0.1, 0.15) is 24.0 Å². The maximum Gasteiger partial charge on any atom is 0.253 e. The Morgan fingerprint density at radius 1 is 1.42 bits per heavy atom. The highest BCUT2D eigenvalue weighted by atomic mass is 16.4. The molecule has 0 bridgehead atoms. The number of furan rings is 1. The summed E-state index contributed by atoms with van der Waals surface area (Å²) in [7, 11) is 0. The third-order valence-electron chi connectivity index (χ3n) is 3.60. The van der Waals surface area contributed by atoms with E-state index in [-0.39, 0.29) is 11.9 Å².